The molecule has 60 heavy (non-hydrogen) atoms. The molecule has 3 atom stereocenters. The average molecular weight is 828 g/mol. The molecule has 0 aliphatic carbocycles. The highest BCUT2D eigenvalue weighted by Gasteiger charge is 2.28. The fourth-order valence-electron chi connectivity index (χ4n) is 6.00. The van der Waals surface area contributed by atoms with Gasteiger partial charge in [-0.3, -0.25) is 19.2 Å². The van der Waals surface area contributed by atoms with Crippen LogP contribution in [0.3, 0.4) is 0 Å². The number of rotatable bonds is 25. The van der Waals surface area contributed by atoms with Crippen LogP contribution in [-0.2, 0) is 37.3 Å². The maximum atomic E-state index is 13.0. The Morgan fingerprint density at radius 3 is 2.30 bits per heavy atom. The number of carbonyl (C=O) groups excluding carboxylic acids is 3. The number of fused-ring (bicyclic) bond motifs is 1. The number of aliphatic hydroxyl groups excluding tert-OH is 1. The summed E-state index contributed by atoms with van der Waals surface area (Å²) in [4.78, 5) is 58.9. The molecule has 5 rings (SSSR count). The number of amides is 2. The predicted octanol–water partition coefficient (Wildman–Crippen LogP) is 3.48. The number of benzene rings is 2. The molecule has 320 valence electrons. The molecule has 5 aromatic rings. The van der Waals surface area contributed by atoms with Crippen molar-refractivity contribution < 1.29 is 42.9 Å². The fraction of sp³-hybridized carbons (Fsp3) is 0.419. The summed E-state index contributed by atoms with van der Waals surface area (Å²) in [7, 11) is 1.54. The van der Waals surface area contributed by atoms with Crippen LogP contribution in [0.15, 0.2) is 88.2 Å². The first-order valence-electron chi connectivity index (χ1n) is 19.9. The number of aryl methyl sites for hydroxylation is 1. The first-order chi connectivity index (χ1) is 29.0. The van der Waals surface area contributed by atoms with Crippen molar-refractivity contribution in [3.05, 3.63) is 101 Å². The van der Waals surface area contributed by atoms with E-state index in [4.69, 9.17) is 29.1 Å². The number of hydrogen-bond donors (Lipinski definition) is 4. The summed E-state index contributed by atoms with van der Waals surface area (Å²) in [5.74, 6) is -0.299. The minimum Gasteiger partial charge on any atom is -0.490 e. The molecule has 0 bridgehead atoms. The van der Waals surface area contributed by atoms with Gasteiger partial charge in [0.25, 0.3) is 17.4 Å². The van der Waals surface area contributed by atoms with E-state index in [1.807, 2.05) is 44.2 Å². The molecule has 0 saturated carbocycles. The number of Topliss-reactive ketones (excluding diaryl/α,β-unsaturated/α-hetero) is 1. The number of anilines is 1. The third kappa shape index (κ3) is 14.2. The van der Waals surface area contributed by atoms with Gasteiger partial charge in [0, 0.05) is 37.9 Å². The number of nitrogens with zero attached hydrogens (tertiary/aromatic N) is 4. The van der Waals surface area contributed by atoms with Crippen LogP contribution in [0, 0.1) is 5.92 Å². The largest absolute Gasteiger partial charge is 0.490 e. The molecule has 0 radical (unpaired) electrons. The maximum absolute atomic E-state index is 13.0. The van der Waals surface area contributed by atoms with Crippen molar-refractivity contribution in [1.82, 2.24) is 25.1 Å². The number of nitrogens with two attached hydrogens (primary N) is 1. The van der Waals surface area contributed by atoms with Gasteiger partial charge < -0.3 is 44.8 Å². The highest BCUT2D eigenvalue weighted by atomic mass is 16.6. The van der Waals surface area contributed by atoms with Gasteiger partial charge in [0.05, 0.1) is 45.3 Å². The average Bonchev–Trinajstić information content (AvgIpc) is 3.67. The molecule has 17 nitrogen and oxygen atoms in total. The van der Waals surface area contributed by atoms with E-state index in [2.05, 4.69) is 25.7 Å². The van der Waals surface area contributed by atoms with Crippen LogP contribution >= 0.6 is 0 Å². The van der Waals surface area contributed by atoms with Crippen molar-refractivity contribution in [2.45, 2.75) is 57.7 Å². The first-order valence-corrected chi connectivity index (χ1v) is 19.9. The van der Waals surface area contributed by atoms with Gasteiger partial charge >= 0.3 is 0 Å². The number of ether oxygens (including phenoxy) is 4. The molecule has 0 fully saturated rings. The lowest BCUT2D eigenvalue weighted by Gasteiger charge is -2.24. The number of hydrogen-bond acceptors (Lipinski definition) is 14. The lowest BCUT2D eigenvalue weighted by molar-refractivity contribution is -0.134. The number of carbonyl (C=O) groups is 3. The van der Waals surface area contributed by atoms with E-state index in [1.165, 1.54) is 30.1 Å². The molecule has 3 aromatic heterocycles. The number of aliphatic hydroxyl groups is 1. The van der Waals surface area contributed by atoms with Crippen molar-refractivity contribution in [2.75, 3.05) is 51.6 Å². The Balaban J connectivity index is 0.891. The molecule has 5 N–H and O–H groups in total. The Morgan fingerprint density at radius 1 is 0.900 bits per heavy atom. The standard InChI is InChI=1S/C43H53N7O10/c1-28(2)24-35(47-42(55)40(53)32(44)25-29-8-5-4-6-9-29)37(51)10-7-17-56-18-19-57-20-21-58-22-23-59-31-12-13-33(45-27-31)41(54)46-30-11-15-38-36(26-30)48-43(60-38)34-14-16-39(52)50(3)49-34/h4-6,8-9,11-16,26-28,32,35,40,53H,7,10,17-25,44H2,1-3H3,(H,46,54)(H,47,55)/t32-,35+,40+/m1/s1. The predicted molar refractivity (Wildman–Crippen MR) is 222 cm³/mol. The Labute approximate surface area is 347 Å². The summed E-state index contributed by atoms with van der Waals surface area (Å²) in [5.41, 5.74) is 8.86. The SMILES string of the molecule is CC(C)C[C@H](NC(=O)[C@@H](O)[C@H](N)Cc1ccccc1)C(=O)CCCOCCOCCOCCOc1ccc(C(=O)Nc2ccc3oc(-c4ccc(=O)n(C)n4)nc3c2)nc1. The molecule has 3 heterocycles. The molecule has 2 aromatic carbocycles. The Morgan fingerprint density at radius 2 is 1.62 bits per heavy atom. The number of oxazole rings is 1. The number of aromatic nitrogens is 4. The number of ketones is 1. The van der Waals surface area contributed by atoms with E-state index >= 15 is 0 Å². The van der Waals surface area contributed by atoms with Crippen LogP contribution in [0.5, 0.6) is 5.75 Å². The zero-order chi connectivity index (χ0) is 42.9. The van der Waals surface area contributed by atoms with Crippen molar-refractivity contribution in [3.63, 3.8) is 0 Å². The molecule has 0 spiro atoms. The van der Waals surface area contributed by atoms with Crippen LogP contribution in [-0.4, -0.2) is 107 Å². The number of nitrogens with one attached hydrogen (secondary N) is 2. The van der Waals surface area contributed by atoms with E-state index in [1.54, 1.807) is 30.3 Å². The smallest absolute Gasteiger partial charge is 0.274 e. The zero-order valence-corrected chi connectivity index (χ0v) is 34.1. The van der Waals surface area contributed by atoms with E-state index in [9.17, 15) is 24.3 Å². The summed E-state index contributed by atoms with van der Waals surface area (Å²) in [6, 6.07) is 19.0. The lowest BCUT2D eigenvalue weighted by Crippen LogP contribution is -2.52. The summed E-state index contributed by atoms with van der Waals surface area (Å²) >= 11 is 0. The second-order valence-corrected chi connectivity index (χ2v) is 14.5. The molecular weight excluding hydrogens is 775 g/mol. The van der Waals surface area contributed by atoms with Crippen molar-refractivity contribution in [3.8, 4) is 17.3 Å². The molecule has 0 unspecified atom stereocenters. The minimum absolute atomic E-state index is 0.119. The van der Waals surface area contributed by atoms with Crippen LogP contribution in [0.4, 0.5) is 5.69 Å². The van der Waals surface area contributed by atoms with E-state index in [0.717, 1.165) is 5.56 Å². The Hall–Kier alpha value is -5.85. The van der Waals surface area contributed by atoms with Gasteiger partial charge in [-0.15, -0.1) is 0 Å². The summed E-state index contributed by atoms with van der Waals surface area (Å²) in [6.45, 7) is 6.31. The summed E-state index contributed by atoms with van der Waals surface area (Å²) in [5, 5.41) is 20.2. The molecule has 0 aliphatic heterocycles. The van der Waals surface area contributed by atoms with Crippen LogP contribution < -0.4 is 26.7 Å². The molecule has 17 heteroatoms. The zero-order valence-electron chi connectivity index (χ0n) is 34.1. The Bertz CT molecular complexity index is 2190. The normalized spacial score (nSPS) is 12.9. The Kier molecular flexibility index (Phi) is 17.4. The van der Waals surface area contributed by atoms with Crippen LogP contribution in [0.1, 0.15) is 49.2 Å². The van der Waals surface area contributed by atoms with Gasteiger partial charge in [-0.05, 0) is 67.1 Å². The second kappa shape index (κ2) is 23.1. The van der Waals surface area contributed by atoms with E-state index < -0.39 is 30.0 Å². The highest BCUT2D eigenvalue weighted by molar-refractivity contribution is 6.03. The van der Waals surface area contributed by atoms with Crippen molar-refractivity contribution >= 4 is 34.4 Å². The maximum Gasteiger partial charge on any atom is 0.274 e. The molecular formula is C43H53N7O10. The topological polar surface area (TPSA) is 232 Å². The van der Waals surface area contributed by atoms with E-state index in [0.29, 0.717) is 87.1 Å². The summed E-state index contributed by atoms with van der Waals surface area (Å²) < 4.78 is 29.3. The van der Waals surface area contributed by atoms with Gasteiger partial charge in [0.1, 0.15) is 35.4 Å². The molecule has 0 saturated heterocycles. The van der Waals surface area contributed by atoms with Gasteiger partial charge in [-0.25, -0.2) is 14.6 Å². The van der Waals surface area contributed by atoms with Gasteiger partial charge in [-0.1, -0.05) is 44.2 Å². The van der Waals surface area contributed by atoms with Gasteiger partial charge in [-0.2, -0.15) is 5.10 Å². The molecule has 0 aliphatic rings. The number of pyridine rings is 1. The van der Waals surface area contributed by atoms with Gasteiger partial charge in [0.15, 0.2) is 11.4 Å². The first kappa shape index (κ1) is 45.2. The minimum atomic E-state index is -1.44. The van der Waals surface area contributed by atoms with Crippen molar-refractivity contribution in [2.24, 2.45) is 18.7 Å². The third-order valence-electron chi connectivity index (χ3n) is 9.15. The quantitative estimate of drug-likeness (QED) is 0.0618. The van der Waals surface area contributed by atoms with Gasteiger partial charge in [0.2, 0.25) is 5.89 Å². The van der Waals surface area contributed by atoms with Crippen LogP contribution in [0.25, 0.3) is 22.7 Å². The highest BCUT2D eigenvalue weighted by Crippen LogP contribution is 2.25. The monoisotopic (exact) mass is 827 g/mol. The molecule has 2 amide bonds. The lowest BCUT2D eigenvalue weighted by atomic mass is 9.96. The van der Waals surface area contributed by atoms with Crippen molar-refractivity contribution in [1.29, 1.82) is 0 Å². The van der Waals surface area contributed by atoms with Crippen LogP contribution in [0.2, 0.25) is 0 Å². The summed E-state index contributed by atoms with van der Waals surface area (Å²) in [6.07, 6.45) is 1.51. The second-order valence-electron chi connectivity index (χ2n) is 14.5. The van der Waals surface area contributed by atoms with E-state index in [-0.39, 0.29) is 41.9 Å². The third-order valence-corrected chi connectivity index (χ3v) is 9.15. The fourth-order valence-corrected chi connectivity index (χ4v) is 6.00.